The van der Waals surface area contributed by atoms with Crippen molar-refractivity contribution in [1.29, 1.82) is 0 Å². The largest absolute Gasteiger partial charge is 0.443 e. The normalized spacial score (nSPS) is 10.9. The zero-order valence-electron chi connectivity index (χ0n) is 13.9. The van der Waals surface area contributed by atoms with E-state index < -0.39 is 13.5 Å². The highest BCUT2D eigenvalue weighted by Gasteiger charge is 2.30. The summed E-state index contributed by atoms with van der Waals surface area (Å²) in [5, 5.41) is 0.962. The maximum Gasteiger partial charge on any atom is 0.432 e. The molecule has 0 aliphatic rings. The van der Waals surface area contributed by atoms with Gasteiger partial charge in [-0.05, 0) is 29.8 Å². The summed E-state index contributed by atoms with van der Waals surface area (Å²) in [6.07, 6.45) is -0.805. The Morgan fingerprint density at radius 1 is 0.769 bits per heavy atom. The van der Waals surface area contributed by atoms with E-state index in [9.17, 15) is 9.36 Å². The third-order valence-electron chi connectivity index (χ3n) is 3.66. The van der Waals surface area contributed by atoms with Gasteiger partial charge in [0, 0.05) is 10.6 Å². The lowest BCUT2D eigenvalue weighted by atomic mass is 10.2. The highest BCUT2D eigenvalue weighted by atomic mass is 31.2. The van der Waals surface area contributed by atoms with E-state index in [-0.39, 0.29) is 6.61 Å². The number of carbonyl (C=O) groups is 1. The van der Waals surface area contributed by atoms with Crippen molar-refractivity contribution in [1.82, 2.24) is 5.48 Å². The molecule has 0 fully saturated rings. The molecule has 0 aromatic heterocycles. The summed E-state index contributed by atoms with van der Waals surface area (Å²) >= 11 is 0. The van der Waals surface area contributed by atoms with Gasteiger partial charge in [0.05, 0.1) is 0 Å². The predicted molar refractivity (Wildman–Crippen MR) is 101 cm³/mol. The van der Waals surface area contributed by atoms with Crippen molar-refractivity contribution in [2.24, 2.45) is 0 Å². The molecule has 3 aromatic rings. The summed E-state index contributed by atoms with van der Waals surface area (Å²) in [4.78, 5) is 11.9. The van der Waals surface area contributed by atoms with Gasteiger partial charge in [-0.1, -0.05) is 66.7 Å². The molecule has 6 heteroatoms. The number of benzene rings is 3. The summed E-state index contributed by atoms with van der Waals surface area (Å²) < 4.78 is 24.0. The van der Waals surface area contributed by atoms with Crippen LogP contribution in [0.15, 0.2) is 91.0 Å². The Bertz CT molecular complexity index is 842. The molecule has 0 atom stereocenters. The number of rotatable bonds is 6. The van der Waals surface area contributed by atoms with Gasteiger partial charge in [-0.2, -0.15) is 5.48 Å². The maximum atomic E-state index is 13.5. The van der Waals surface area contributed by atoms with Crippen LogP contribution in [0.2, 0.25) is 0 Å². The van der Waals surface area contributed by atoms with Crippen LogP contribution in [0, 0.1) is 0 Å². The van der Waals surface area contributed by atoms with Crippen LogP contribution in [0.3, 0.4) is 0 Å². The van der Waals surface area contributed by atoms with E-state index in [1.807, 2.05) is 42.5 Å². The van der Waals surface area contributed by atoms with Crippen LogP contribution >= 0.6 is 7.37 Å². The number of ether oxygens (including phenoxy) is 1. The molecule has 0 radical (unpaired) electrons. The van der Waals surface area contributed by atoms with E-state index in [1.165, 1.54) is 0 Å². The Labute approximate surface area is 152 Å². The second-order valence-corrected chi connectivity index (χ2v) is 7.80. The average Bonchev–Trinajstić information content (AvgIpc) is 2.72. The molecule has 0 bridgehead atoms. The first kappa shape index (κ1) is 17.9. The summed E-state index contributed by atoms with van der Waals surface area (Å²) in [6, 6.07) is 26.8. The molecular weight excluding hydrogens is 349 g/mol. The van der Waals surface area contributed by atoms with Gasteiger partial charge >= 0.3 is 6.09 Å². The number of nitrogens with one attached hydrogen (secondary N) is 1. The molecule has 0 unspecified atom stereocenters. The first-order chi connectivity index (χ1) is 12.7. The first-order valence-corrected chi connectivity index (χ1v) is 9.67. The lowest BCUT2D eigenvalue weighted by Crippen LogP contribution is -2.29. The smallest absolute Gasteiger partial charge is 0.432 e. The van der Waals surface area contributed by atoms with E-state index in [0.717, 1.165) is 5.56 Å². The van der Waals surface area contributed by atoms with Crippen molar-refractivity contribution in [3.63, 3.8) is 0 Å². The minimum absolute atomic E-state index is 0.0943. The van der Waals surface area contributed by atoms with Gasteiger partial charge in [0.25, 0.3) is 7.37 Å². The third-order valence-corrected chi connectivity index (χ3v) is 5.97. The molecule has 3 aromatic carbocycles. The Hall–Kier alpha value is -2.88. The standard InChI is InChI=1S/C20H18NO4P/c22-20(24-16-17-10-4-1-5-11-17)21-25-26(23,18-12-6-2-7-13-18)19-14-8-3-9-15-19/h1-15H,16H2,(H,21,22). The van der Waals surface area contributed by atoms with E-state index in [2.05, 4.69) is 5.48 Å². The lowest BCUT2D eigenvalue weighted by Gasteiger charge is -2.18. The summed E-state index contributed by atoms with van der Waals surface area (Å²) in [5.74, 6) is 0. The molecule has 0 aliphatic heterocycles. The van der Waals surface area contributed by atoms with Crippen molar-refractivity contribution in [2.45, 2.75) is 6.61 Å². The van der Waals surface area contributed by atoms with Crippen molar-refractivity contribution in [3.05, 3.63) is 96.6 Å². The number of carbonyl (C=O) groups excluding carboxylic acids is 1. The molecule has 0 spiro atoms. The van der Waals surface area contributed by atoms with E-state index in [1.54, 1.807) is 48.5 Å². The molecule has 0 saturated heterocycles. The first-order valence-electron chi connectivity index (χ1n) is 8.05. The Balaban J connectivity index is 1.71. The number of hydrogen-bond donors (Lipinski definition) is 1. The number of hydroxylamine groups is 1. The average molecular weight is 367 g/mol. The maximum absolute atomic E-state index is 13.5. The quantitative estimate of drug-likeness (QED) is 0.532. The van der Waals surface area contributed by atoms with Gasteiger partial charge in [0.1, 0.15) is 6.61 Å². The van der Waals surface area contributed by atoms with Gasteiger partial charge < -0.3 is 4.74 Å². The summed E-state index contributed by atoms with van der Waals surface area (Å²) in [7, 11) is -3.49. The Morgan fingerprint density at radius 3 is 1.73 bits per heavy atom. The van der Waals surface area contributed by atoms with Crippen molar-refractivity contribution < 1.29 is 18.7 Å². The molecule has 0 aliphatic carbocycles. The topological polar surface area (TPSA) is 64.6 Å². The molecule has 132 valence electrons. The van der Waals surface area contributed by atoms with Crippen LogP contribution in [0.5, 0.6) is 0 Å². The number of hydrogen-bond acceptors (Lipinski definition) is 4. The Morgan fingerprint density at radius 2 is 1.23 bits per heavy atom. The van der Waals surface area contributed by atoms with Crippen LogP contribution in [0.1, 0.15) is 5.56 Å². The molecule has 26 heavy (non-hydrogen) atoms. The van der Waals surface area contributed by atoms with Gasteiger partial charge in [-0.3, -0.25) is 4.57 Å². The number of amides is 1. The van der Waals surface area contributed by atoms with Crippen molar-refractivity contribution in [2.75, 3.05) is 0 Å². The van der Waals surface area contributed by atoms with Crippen molar-refractivity contribution >= 4 is 24.1 Å². The zero-order valence-corrected chi connectivity index (χ0v) is 14.8. The second-order valence-electron chi connectivity index (χ2n) is 5.48. The van der Waals surface area contributed by atoms with E-state index in [4.69, 9.17) is 9.36 Å². The van der Waals surface area contributed by atoms with E-state index >= 15 is 0 Å². The van der Waals surface area contributed by atoms with Crippen LogP contribution in [-0.4, -0.2) is 6.09 Å². The van der Waals surface area contributed by atoms with Gasteiger partial charge in [-0.25, -0.2) is 9.42 Å². The molecule has 0 saturated carbocycles. The lowest BCUT2D eigenvalue weighted by molar-refractivity contribution is 0.0975. The molecular formula is C20H18NO4P. The van der Waals surface area contributed by atoms with Gasteiger partial charge in [0.2, 0.25) is 0 Å². The highest BCUT2D eigenvalue weighted by molar-refractivity contribution is 7.74. The van der Waals surface area contributed by atoms with Gasteiger partial charge in [0.15, 0.2) is 0 Å². The predicted octanol–water partition coefficient (Wildman–Crippen LogP) is 3.77. The third kappa shape index (κ3) is 4.39. The zero-order chi connectivity index (χ0) is 18.2. The Kier molecular flexibility index (Phi) is 5.84. The van der Waals surface area contributed by atoms with E-state index in [0.29, 0.717) is 10.6 Å². The monoisotopic (exact) mass is 367 g/mol. The van der Waals surface area contributed by atoms with Crippen LogP contribution in [0.4, 0.5) is 4.79 Å². The minimum Gasteiger partial charge on any atom is -0.443 e. The fraction of sp³-hybridized carbons (Fsp3) is 0.0500. The highest BCUT2D eigenvalue weighted by Crippen LogP contribution is 2.43. The van der Waals surface area contributed by atoms with Crippen LogP contribution in [0.25, 0.3) is 0 Å². The fourth-order valence-electron chi connectivity index (χ4n) is 2.36. The molecule has 3 rings (SSSR count). The van der Waals surface area contributed by atoms with Crippen LogP contribution in [-0.2, 0) is 20.5 Å². The van der Waals surface area contributed by atoms with Crippen LogP contribution < -0.4 is 16.1 Å². The fourth-order valence-corrected chi connectivity index (χ4v) is 4.20. The molecule has 1 amide bonds. The summed E-state index contributed by atoms with van der Waals surface area (Å²) in [5.41, 5.74) is 3.01. The minimum atomic E-state index is -3.49. The molecule has 5 nitrogen and oxygen atoms in total. The van der Waals surface area contributed by atoms with Crippen molar-refractivity contribution in [3.8, 4) is 0 Å². The summed E-state index contributed by atoms with van der Waals surface area (Å²) in [6.45, 7) is 0.0943. The molecule has 1 N–H and O–H groups in total. The second kappa shape index (κ2) is 8.48. The SMILES string of the molecule is O=C(NOP(=O)(c1ccccc1)c1ccccc1)OCc1ccccc1. The van der Waals surface area contributed by atoms with Gasteiger partial charge in [-0.15, -0.1) is 0 Å². The molecule has 0 heterocycles.